The fraction of sp³-hybridized carbons (Fsp3) is 0.444. The maximum absolute atomic E-state index is 12.5. The van der Waals surface area contributed by atoms with E-state index in [4.69, 9.17) is 5.73 Å². The highest BCUT2D eigenvalue weighted by Gasteiger charge is 2.22. The first kappa shape index (κ1) is 17.2. The molecular formula is C18H26N4O. The predicted molar refractivity (Wildman–Crippen MR) is 93.0 cm³/mol. The molecule has 0 unspecified atom stereocenters. The average molecular weight is 314 g/mol. The second-order valence-electron chi connectivity index (χ2n) is 7.02. The van der Waals surface area contributed by atoms with E-state index in [9.17, 15) is 4.79 Å². The first-order valence-electron chi connectivity index (χ1n) is 7.91. The average Bonchev–Trinajstić information content (AvgIpc) is 2.90. The Morgan fingerprint density at radius 3 is 2.43 bits per heavy atom. The number of hydrogen-bond acceptors (Lipinski definition) is 3. The third-order valence-electron chi connectivity index (χ3n) is 3.58. The van der Waals surface area contributed by atoms with Crippen LogP contribution in [0.4, 0.5) is 0 Å². The molecule has 0 radical (unpaired) electrons. The van der Waals surface area contributed by atoms with Crippen LogP contribution in [0, 0.1) is 6.92 Å². The van der Waals surface area contributed by atoms with Crippen molar-refractivity contribution in [2.75, 3.05) is 6.54 Å². The molecule has 0 saturated heterocycles. The predicted octanol–water partition coefficient (Wildman–Crippen LogP) is 2.77. The lowest BCUT2D eigenvalue weighted by Crippen LogP contribution is -2.45. The van der Waals surface area contributed by atoms with Gasteiger partial charge in [0.1, 0.15) is 0 Å². The van der Waals surface area contributed by atoms with Crippen molar-refractivity contribution in [1.29, 1.82) is 0 Å². The van der Waals surface area contributed by atoms with Crippen molar-refractivity contribution in [1.82, 2.24) is 15.1 Å². The molecule has 0 aliphatic carbocycles. The summed E-state index contributed by atoms with van der Waals surface area (Å²) in [6, 6.07) is 8.10. The Kier molecular flexibility index (Phi) is 4.90. The molecule has 2 aromatic rings. The number of rotatable bonds is 5. The van der Waals surface area contributed by atoms with E-state index in [2.05, 4.69) is 24.3 Å². The number of nitrogens with one attached hydrogen (secondary N) is 1. The zero-order valence-corrected chi connectivity index (χ0v) is 14.6. The lowest BCUT2D eigenvalue weighted by molar-refractivity contribution is 0.0944. The topological polar surface area (TPSA) is 72.9 Å². The van der Waals surface area contributed by atoms with Gasteiger partial charge in [-0.3, -0.25) is 4.79 Å². The molecule has 1 aromatic heterocycles. The van der Waals surface area contributed by atoms with E-state index >= 15 is 0 Å². The number of amides is 1. The molecule has 0 saturated carbocycles. The summed E-state index contributed by atoms with van der Waals surface area (Å²) in [5.74, 6) is 0.0380. The van der Waals surface area contributed by atoms with Crippen LogP contribution in [0.25, 0.3) is 5.69 Å². The van der Waals surface area contributed by atoms with Gasteiger partial charge in [-0.15, -0.1) is 0 Å². The highest BCUT2D eigenvalue weighted by molar-refractivity contribution is 5.95. The summed E-state index contributed by atoms with van der Waals surface area (Å²) in [5, 5.41) is 7.32. The van der Waals surface area contributed by atoms with Crippen LogP contribution in [0.5, 0.6) is 0 Å². The SMILES string of the molecule is Cc1ccc(-n2ncc(C(=O)NCC(C)(C)N)c2C(C)C)cc1. The minimum atomic E-state index is -0.444. The van der Waals surface area contributed by atoms with Crippen molar-refractivity contribution >= 4 is 5.91 Å². The largest absolute Gasteiger partial charge is 0.350 e. The summed E-state index contributed by atoms with van der Waals surface area (Å²) >= 11 is 0. The van der Waals surface area contributed by atoms with Crippen LogP contribution < -0.4 is 11.1 Å². The van der Waals surface area contributed by atoms with Crippen LogP contribution in [-0.2, 0) is 0 Å². The first-order valence-corrected chi connectivity index (χ1v) is 7.91. The van der Waals surface area contributed by atoms with Gasteiger partial charge in [-0.2, -0.15) is 5.10 Å². The Bertz CT molecular complexity index is 678. The van der Waals surface area contributed by atoms with Crippen LogP contribution in [0.15, 0.2) is 30.5 Å². The zero-order valence-electron chi connectivity index (χ0n) is 14.6. The Hall–Kier alpha value is -2.14. The van der Waals surface area contributed by atoms with Crippen LogP contribution in [0.3, 0.4) is 0 Å². The summed E-state index contributed by atoms with van der Waals surface area (Å²) in [6.07, 6.45) is 1.63. The fourth-order valence-corrected chi connectivity index (χ4v) is 2.38. The van der Waals surface area contributed by atoms with Gasteiger partial charge in [-0.1, -0.05) is 31.5 Å². The van der Waals surface area contributed by atoms with E-state index < -0.39 is 5.54 Å². The van der Waals surface area contributed by atoms with Crippen LogP contribution in [-0.4, -0.2) is 27.8 Å². The zero-order chi connectivity index (χ0) is 17.2. The smallest absolute Gasteiger partial charge is 0.254 e. The van der Waals surface area contributed by atoms with Crippen molar-refractivity contribution in [3.63, 3.8) is 0 Å². The number of carbonyl (C=O) groups is 1. The normalized spacial score (nSPS) is 11.8. The van der Waals surface area contributed by atoms with Crippen molar-refractivity contribution in [2.24, 2.45) is 5.73 Å². The molecule has 0 spiro atoms. The lowest BCUT2D eigenvalue weighted by atomic mass is 10.0. The van der Waals surface area contributed by atoms with Crippen molar-refractivity contribution in [3.05, 3.63) is 47.3 Å². The number of aryl methyl sites for hydroxylation is 1. The maximum atomic E-state index is 12.5. The molecule has 5 nitrogen and oxygen atoms in total. The van der Waals surface area contributed by atoms with Crippen LogP contribution in [0.2, 0.25) is 0 Å². The molecule has 2 rings (SSSR count). The monoisotopic (exact) mass is 314 g/mol. The van der Waals surface area contributed by atoms with Gasteiger partial charge in [0, 0.05) is 12.1 Å². The molecule has 3 N–H and O–H groups in total. The quantitative estimate of drug-likeness (QED) is 0.891. The first-order chi connectivity index (χ1) is 10.7. The molecule has 0 aliphatic rings. The Morgan fingerprint density at radius 2 is 1.91 bits per heavy atom. The highest BCUT2D eigenvalue weighted by Crippen LogP contribution is 2.23. The van der Waals surface area contributed by atoms with Crippen LogP contribution >= 0.6 is 0 Å². The second-order valence-corrected chi connectivity index (χ2v) is 7.02. The standard InChI is InChI=1S/C18H26N4O/c1-12(2)16-15(17(23)20-11-18(4,5)19)10-21-22(16)14-8-6-13(3)7-9-14/h6-10,12H,11,19H2,1-5H3,(H,20,23). The minimum absolute atomic E-state index is 0.134. The Balaban J connectivity index is 2.35. The van der Waals surface area contributed by atoms with E-state index in [0.29, 0.717) is 12.1 Å². The molecular weight excluding hydrogens is 288 g/mol. The summed E-state index contributed by atoms with van der Waals surface area (Å²) in [4.78, 5) is 12.5. The Labute approximate surface area is 137 Å². The van der Waals surface area contributed by atoms with Crippen LogP contribution in [0.1, 0.15) is 55.2 Å². The molecule has 1 amide bonds. The number of aromatic nitrogens is 2. The lowest BCUT2D eigenvalue weighted by Gasteiger charge is -2.19. The third kappa shape index (κ3) is 4.20. The van der Waals surface area contributed by atoms with E-state index in [-0.39, 0.29) is 11.8 Å². The minimum Gasteiger partial charge on any atom is -0.350 e. The van der Waals surface area contributed by atoms with E-state index in [1.807, 2.05) is 49.7 Å². The molecule has 124 valence electrons. The number of nitrogens with zero attached hydrogens (tertiary/aromatic N) is 2. The van der Waals surface area contributed by atoms with Gasteiger partial charge in [-0.05, 0) is 38.8 Å². The molecule has 1 aromatic carbocycles. The highest BCUT2D eigenvalue weighted by atomic mass is 16.1. The molecule has 23 heavy (non-hydrogen) atoms. The second kappa shape index (κ2) is 6.54. The van der Waals surface area contributed by atoms with Gasteiger partial charge in [0.15, 0.2) is 0 Å². The van der Waals surface area contributed by atoms with Gasteiger partial charge in [0.2, 0.25) is 0 Å². The number of hydrogen-bond donors (Lipinski definition) is 2. The molecule has 0 atom stereocenters. The van der Waals surface area contributed by atoms with Crippen molar-refractivity contribution < 1.29 is 4.79 Å². The molecule has 0 bridgehead atoms. The van der Waals surface area contributed by atoms with E-state index in [1.165, 1.54) is 5.56 Å². The third-order valence-corrected chi connectivity index (χ3v) is 3.58. The molecule has 1 heterocycles. The number of carbonyl (C=O) groups excluding carboxylic acids is 1. The number of benzene rings is 1. The maximum Gasteiger partial charge on any atom is 0.254 e. The molecule has 5 heteroatoms. The van der Waals surface area contributed by atoms with Crippen molar-refractivity contribution in [3.8, 4) is 5.69 Å². The summed E-state index contributed by atoms with van der Waals surface area (Å²) in [5.41, 5.74) is 9.14. The van der Waals surface area contributed by atoms with Crippen molar-refractivity contribution in [2.45, 2.75) is 46.1 Å². The molecule has 0 fully saturated rings. The fourth-order valence-electron chi connectivity index (χ4n) is 2.38. The summed E-state index contributed by atoms with van der Waals surface area (Å²) in [7, 11) is 0. The number of nitrogens with two attached hydrogens (primary N) is 1. The van der Waals surface area contributed by atoms with Gasteiger partial charge in [0.25, 0.3) is 5.91 Å². The van der Waals surface area contributed by atoms with Gasteiger partial charge in [0.05, 0.1) is 23.1 Å². The van der Waals surface area contributed by atoms with Gasteiger partial charge in [-0.25, -0.2) is 4.68 Å². The summed E-state index contributed by atoms with van der Waals surface area (Å²) in [6.45, 7) is 10.3. The van der Waals surface area contributed by atoms with Gasteiger partial charge < -0.3 is 11.1 Å². The molecule has 0 aliphatic heterocycles. The Morgan fingerprint density at radius 1 is 1.30 bits per heavy atom. The summed E-state index contributed by atoms with van der Waals surface area (Å²) < 4.78 is 1.84. The van der Waals surface area contributed by atoms with E-state index in [0.717, 1.165) is 11.4 Å². The van der Waals surface area contributed by atoms with Gasteiger partial charge >= 0.3 is 0 Å². The van der Waals surface area contributed by atoms with E-state index in [1.54, 1.807) is 6.20 Å².